The van der Waals surface area contributed by atoms with Gasteiger partial charge in [0.25, 0.3) is 0 Å². The first-order chi connectivity index (χ1) is 7.41. The maximum Gasteiger partial charge on any atom is 0.0317 e. The van der Waals surface area contributed by atoms with Crippen molar-refractivity contribution in [2.24, 2.45) is 0 Å². The molecule has 0 N–H and O–H groups in total. The Labute approximate surface area is 95.7 Å². The van der Waals surface area contributed by atoms with Crippen LogP contribution in [0.2, 0.25) is 0 Å². The van der Waals surface area contributed by atoms with E-state index in [2.05, 4.69) is 43.5 Å². The zero-order valence-corrected chi connectivity index (χ0v) is 10.4. The predicted molar refractivity (Wildman–Crippen MR) is 69.2 cm³/mol. The minimum absolute atomic E-state index is 0.877. The van der Waals surface area contributed by atoms with Crippen molar-refractivity contribution < 1.29 is 0 Å². The van der Waals surface area contributed by atoms with Crippen molar-refractivity contribution in [2.45, 2.75) is 52.4 Å². The highest BCUT2D eigenvalue weighted by atomic mass is 14.8. The fraction of sp³-hybridized carbons (Fsp3) is 0.714. The molecule has 15 heavy (non-hydrogen) atoms. The lowest BCUT2D eigenvalue weighted by atomic mass is 10.2. The van der Waals surface area contributed by atoms with E-state index in [1.165, 1.54) is 38.5 Å². The van der Waals surface area contributed by atoms with Gasteiger partial charge in [0.2, 0.25) is 0 Å². The van der Waals surface area contributed by atoms with Gasteiger partial charge in [-0.2, -0.15) is 0 Å². The summed E-state index contributed by atoms with van der Waals surface area (Å²) in [6.45, 7) is 6.20. The van der Waals surface area contributed by atoms with Gasteiger partial charge in [-0.3, -0.25) is 0 Å². The number of allylic oxidation sites excluding steroid dienone is 2. The van der Waals surface area contributed by atoms with Gasteiger partial charge in [-0.05, 0) is 12.8 Å². The second-order valence-electron chi connectivity index (χ2n) is 3.82. The third-order valence-electron chi connectivity index (χ3n) is 2.25. The molecule has 87 valence electrons. The van der Waals surface area contributed by atoms with Crippen LogP contribution in [-0.4, -0.2) is 13.1 Å². The van der Waals surface area contributed by atoms with E-state index in [-0.39, 0.29) is 0 Å². The number of rotatable bonds is 10. The van der Waals surface area contributed by atoms with E-state index in [1.54, 1.807) is 0 Å². The molecular formula is C14H26N. The van der Waals surface area contributed by atoms with Crippen molar-refractivity contribution in [3.05, 3.63) is 24.3 Å². The normalized spacial score (nSPS) is 11.9. The van der Waals surface area contributed by atoms with Crippen LogP contribution in [-0.2, 0) is 0 Å². The van der Waals surface area contributed by atoms with E-state index >= 15 is 0 Å². The number of nitrogens with zero attached hydrogens (tertiary/aromatic N) is 1. The van der Waals surface area contributed by atoms with Crippen molar-refractivity contribution in [1.82, 2.24) is 5.32 Å². The van der Waals surface area contributed by atoms with E-state index in [4.69, 9.17) is 0 Å². The molecule has 0 atom stereocenters. The molecule has 0 aromatic rings. The van der Waals surface area contributed by atoms with Crippen LogP contribution in [0.15, 0.2) is 24.3 Å². The summed E-state index contributed by atoms with van der Waals surface area (Å²) in [5.41, 5.74) is 0. The second-order valence-corrected chi connectivity index (χ2v) is 3.82. The quantitative estimate of drug-likeness (QED) is 0.379. The second kappa shape index (κ2) is 13.4. The molecule has 0 rings (SSSR count). The molecule has 1 nitrogen and oxygen atoms in total. The van der Waals surface area contributed by atoms with Crippen molar-refractivity contribution >= 4 is 0 Å². The molecule has 0 unspecified atom stereocenters. The van der Waals surface area contributed by atoms with Crippen molar-refractivity contribution in [1.29, 1.82) is 0 Å². The fourth-order valence-corrected chi connectivity index (χ4v) is 1.25. The molecule has 0 saturated carbocycles. The lowest BCUT2D eigenvalue weighted by Crippen LogP contribution is -2.03. The lowest BCUT2D eigenvalue weighted by molar-refractivity contribution is 0.788. The average molecular weight is 208 g/mol. The minimum Gasteiger partial charge on any atom is -0.234 e. The van der Waals surface area contributed by atoms with E-state index < -0.39 is 0 Å². The maximum atomic E-state index is 4.39. The Kier molecular flexibility index (Phi) is 12.9. The number of unbranched alkanes of at least 4 members (excludes halogenated alkanes) is 4. The van der Waals surface area contributed by atoms with Gasteiger partial charge in [0.1, 0.15) is 0 Å². The molecule has 0 amide bonds. The number of hydrogen-bond donors (Lipinski definition) is 0. The standard InChI is InChI=1S/C14H26N/c1-3-5-7-9-11-13-15-14-12-10-8-6-4-2/h9-12H,3-8,13-14H2,1-2H3. The SMILES string of the molecule is CCCCC=CC[N]CC=CCCCC. The first-order valence-corrected chi connectivity index (χ1v) is 6.35. The third-order valence-corrected chi connectivity index (χ3v) is 2.25. The van der Waals surface area contributed by atoms with Gasteiger partial charge in [0, 0.05) is 13.1 Å². The molecule has 0 fully saturated rings. The Bertz CT molecular complexity index is 141. The van der Waals surface area contributed by atoms with Gasteiger partial charge in [-0.15, -0.1) is 0 Å². The van der Waals surface area contributed by atoms with Gasteiger partial charge < -0.3 is 0 Å². The molecule has 0 aromatic heterocycles. The molecule has 0 aromatic carbocycles. The Morgan fingerprint density at radius 2 is 1.20 bits per heavy atom. The maximum absolute atomic E-state index is 4.39. The van der Waals surface area contributed by atoms with Gasteiger partial charge in [-0.1, -0.05) is 63.8 Å². The van der Waals surface area contributed by atoms with Gasteiger partial charge in [0.05, 0.1) is 0 Å². The van der Waals surface area contributed by atoms with Crippen LogP contribution in [0.4, 0.5) is 0 Å². The van der Waals surface area contributed by atoms with Crippen LogP contribution in [0.3, 0.4) is 0 Å². The molecule has 1 radical (unpaired) electrons. The summed E-state index contributed by atoms with van der Waals surface area (Å²) in [6.07, 6.45) is 16.4. The summed E-state index contributed by atoms with van der Waals surface area (Å²) in [5, 5.41) is 4.39. The van der Waals surface area contributed by atoms with Crippen LogP contribution in [0, 0.1) is 0 Å². The monoisotopic (exact) mass is 208 g/mol. The lowest BCUT2D eigenvalue weighted by Gasteiger charge is -1.93. The van der Waals surface area contributed by atoms with Gasteiger partial charge in [0.15, 0.2) is 0 Å². The largest absolute Gasteiger partial charge is 0.234 e. The molecular weight excluding hydrogens is 182 g/mol. The predicted octanol–water partition coefficient (Wildman–Crippen LogP) is 4.08. The summed E-state index contributed by atoms with van der Waals surface area (Å²) >= 11 is 0. The van der Waals surface area contributed by atoms with Crippen LogP contribution in [0.25, 0.3) is 0 Å². The molecule has 0 aliphatic rings. The fourth-order valence-electron chi connectivity index (χ4n) is 1.25. The third kappa shape index (κ3) is 13.4. The van der Waals surface area contributed by atoms with Crippen LogP contribution in [0.1, 0.15) is 52.4 Å². The summed E-state index contributed by atoms with van der Waals surface area (Å²) in [7, 11) is 0. The molecule has 0 bridgehead atoms. The Balaban J connectivity index is 3.10. The summed E-state index contributed by atoms with van der Waals surface area (Å²) < 4.78 is 0. The zero-order chi connectivity index (χ0) is 11.2. The Hall–Kier alpha value is -0.560. The van der Waals surface area contributed by atoms with Crippen LogP contribution >= 0.6 is 0 Å². The van der Waals surface area contributed by atoms with Gasteiger partial charge >= 0.3 is 0 Å². The molecule has 0 heterocycles. The van der Waals surface area contributed by atoms with Crippen molar-refractivity contribution in [3.63, 3.8) is 0 Å². The molecule has 1 heteroatoms. The van der Waals surface area contributed by atoms with Crippen LogP contribution < -0.4 is 5.32 Å². The smallest absolute Gasteiger partial charge is 0.0317 e. The van der Waals surface area contributed by atoms with E-state index in [9.17, 15) is 0 Å². The van der Waals surface area contributed by atoms with Crippen molar-refractivity contribution in [3.8, 4) is 0 Å². The first kappa shape index (κ1) is 14.4. The Morgan fingerprint density at radius 1 is 0.733 bits per heavy atom. The summed E-state index contributed by atoms with van der Waals surface area (Å²) in [4.78, 5) is 0. The van der Waals surface area contributed by atoms with E-state index in [1.807, 2.05) is 0 Å². The highest BCUT2D eigenvalue weighted by Crippen LogP contribution is 1.95. The molecule has 0 aliphatic heterocycles. The molecule has 0 aliphatic carbocycles. The van der Waals surface area contributed by atoms with Crippen LogP contribution in [0.5, 0.6) is 0 Å². The van der Waals surface area contributed by atoms with E-state index in [0.717, 1.165) is 13.1 Å². The van der Waals surface area contributed by atoms with Gasteiger partial charge in [-0.25, -0.2) is 5.32 Å². The highest BCUT2D eigenvalue weighted by molar-refractivity contribution is 4.87. The minimum atomic E-state index is 0.877. The molecule has 0 spiro atoms. The highest BCUT2D eigenvalue weighted by Gasteiger charge is 1.81. The summed E-state index contributed by atoms with van der Waals surface area (Å²) in [6, 6.07) is 0. The average Bonchev–Trinajstić information content (AvgIpc) is 2.26. The summed E-state index contributed by atoms with van der Waals surface area (Å²) in [5.74, 6) is 0. The van der Waals surface area contributed by atoms with Crippen molar-refractivity contribution in [2.75, 3.05) is 13.1 Å². The topological polar surface area (TPSA) is 14.1 Å². The Morgan fingerprint density at radius 3 is 1.60 bits per heavy atom. The van der Waals surface area contributed by atoms with E-state index in [0.29, 0.717) is 0 Å². The number of hydrogen-bond acceptors (Lipinski definition) is 0. The molecule has 0 saturated heterocycles. The first-order valence-electron chi connectivity index (χ1n) is 6.35. The zero-order valence-electron chi connectivity index (χ0n) is 10.4.